The Morgan fingerprint density at radius 3 is 2.81 bits per heavy atom. The summed E-state index contributed by atoms with van der Waals surface area (Å²) in [6, 6.07) is 8.28. The molecule has 1 aromatic rings. The van der Waals surface area contributed by atoms with E-state index < -0.39 is 0 Å². The Kier molecular flexibility index (Phi) is 3.94. The number of rotatable bonds is 2. The highest BCUT2D eigenvalue weighted by molar-refractivity contribution is 8.26. The first kappa shape index (κ1) is 14.1. The topological polar surface area (TPSA) is 32.3 Å². The Hall–Kier alpha value is -1.85. The third-order valence-corrected chi connectivity index (χ3v) is 4.52. The van der Waals surface area contributed by atoms with Gasteiger partial charge in [0.1, 0.15) is 4.32 Å². The summed E-state index contributed by atoms with van der Waals surface area (Å²) in [6.45, 7) is 2.98. The molecule has 0 aliphatic carbocycles. The largest absolute Gasteiger partial charge is 0.341 e. The van der Waals surface area contributed by atoms with E-state index in [1.807, 2.05) is 24.3 Å². The lowest BCUT2D eigenvalue weighted by atomic mass is 10.1. The molecule has 0 radical (unpaired) electrons. The summed E-state index contributed by atoms with van der Waals surface area (Å²) in [5.41, 5.74) is 3.46. The summed E-state index contributed by atoms with van der Waals surface area (Å²) < 4.78 is 0.515. The molecule has 0 atom stereocenters. The molecule has 0 saturated carbocycles. The number of hydrogen-bond donors (Lipinski definition) is 1. The van der Waals surface area contributed by atoms with Gasteiger partial charge in [-0.25, -0.2) is 0 Å². The zero-order valence-corrected chi connectivity index (χ0v) is 13.1. The Morgan fingerprint density at radius 1 is 1.29 bits per heavy atom. The SMILES string of the molecule is CCN1/C(=C/C=C2\SC(=S)NC2=O)C=Cc2ccccc21. The second-order valence-corrected chi connectivity index (χ2v) is 6.32. The molecule has 1 aromatic carbocycles. The number of likely N-dealkylation sites (N-methyl/N-ethyl adjacent to an activating group) is 1. The lowest BCUT2D eigenvalue weighted by molar-refractivity contribution is -0.115. The monoisotopic (exact) mass is 314 g/mol. The van der Waals surface area contributed by atoms with Gasteiger partial charge in [-0.3, -0.25) is 4.79 Å². The molecule has 1 N–H and O–H groups in total. The lowest BCUT2D eigenvalue weighted by Crippen LogP contribution is -2.23. The van der Waals surface area contributed by atoms with Gasteiger partial charge in [-0.05, 0) is 36.8 Å². The van der Waals surface area contributed by atoms with Gasteiger partial charge in [-0.1, -0.05) is 48.3 Å². The smallest absolute Gasteiger partial charge is 0.263 e. The number of para-hydroxylation sites is 1. The Morgan fingerprint density at radius 2 is 2.10 bits per heavy atom. The van der Waals surface area contributed by atoms with Crippen molar-refractivity contribution in [3.63, 3.8) is 0 Å². The summed E-state index contributed by atoms with van der Waals surface area (Å²) in [6.07, 6.45) is 7.96. The lowest BCUT2D eigenvalue weighted by Gasteiger charge is -2.29. The van der Waals surface area contributed by atoms with Gasteiger partial charge in [0.25, 0.3) is 5.91 Å². The number of carbonyl (C=O) groups excluding carboxylic acids is 1. The molecule has 2 aliphatic rings. The number of fused-ring (bicyclic) bond motifs is 1. The zero-order valence-electron chi connectivity index (χ0n) is 11.5. The first-order valence-corrected chi connectivity index (χ1v) is 7.91. The standard InChI is InChI=1S/C16H14N2OS2/c1-2-18-12(8-7-11-5-3-4-6-13(11)18)9-10-14-15(19)17-16(20)21-14/h3-10H,2H2,1H3,(H,17,19,20)/b12-9+,14-10-. The van der Waals surface area contributed by atoms with Gasteiger partial charge in [0, 0.05) is 17.9 Å². The Bertz CT molecular complexity index is 704. The van der Waals surface area contributed by atoms with E-state index in [-0.39, 0.29) is 5.91 Å². The highest BCUT2D eigenvalue weighted by Crippen LogP contribution is 2.31. The van der Waals surface area contributed by atoms with E-state index in [4.69, 9.17) is 12.2 Å². The summed E-state index contributed by atoms with van der Waals surface area (Å²) >= 11 is 6.29. The summed E-state index contributed by atoms with van der Waals surface area (Å²) in [7, 11) is 0. The summed E-state index contributed by atoms with van der Waals surface area (Å²) in [5, 5.41) is 2.62. The van der Waals surface area contributed by atoms with Crippen LogP contribution in [0, 0.1) is 0 Å². The second kappa shape index (κ2) is 5.87. The van der Waals surface area contributed by atoms with E-state index in [9.17, 15) is 4.79 Å². The quantitative estimate of drug-likeness (QED) is 0.669. The van der Waals surface area contributed by atoms with Gasteiger partial charge in [0.15, 0.2) is 0 Å². The minimum Gasteiger partial charge on any atom is -0.341 e. The van der Waals surface area contributed by atoms with Gasteiger partial charge in [-0.2, -0.15) is 0 Å². The van der Waals surface area contributed by atoms with E-state index in [2.05, 4.69) is 41.4 Å². The van der Waals surface area contributed by atoms with Crippen molar-refractivity contribution in [3.8, 4) is 0 Å². The molecule has 1 saturated heterocycles. The number of nitrogens with one attached hydrogen (secondary N) is 1. The van der Waals surface area contributed by atoms with Crippen LogP contribution in [0.5, 0.6) is 0 Å². The van der Waals surface area contributed by atoms with Crippen LogP contribution in [0.15, 0.2) is 53.1 Å². The number of anilines is 1. The molecule has 1 fully saturated rings. The Balaban J connectivity index is 1.93. The predicted molar refractivity (Wildman–Crippen MR) is 93.0 cm³/mol. The van der Waals surface area contributed by atoms with Gasteiger partial charge < -0.3 is 10.2 Å². The fourth-order valence-electron chi connectivity index (χ4n) is 2.37. The van der Waals surface area contributed by atoms with Crippen molar-refractivity contribution in [1.82, 2.24) is 5.32 Å². The van der Waals surface area contributed by atoms with Crippen LogP contribution in [0.3, 0.4) is 0 Å². The van der Waals surface area contributed by atoms with E-state index >= 15 is 0 Å². The molecule has 2 aliphatic heterocycles. The molecule has 5 heteroatoms. The maximum absolute atomic E-state index is 11.7. The average molecular weight is 314 g/mol. The third kappa shape index (κ3) is 2.80. The number of carbonyl (C=O) groups is 1. The number of allylic oxidation sites excluding steroid dienone is 3. The summed E-state index contributed by atoms with van der Waals surface area (Å²) in [4.78, 5) is 14.5. The number of nitrogens with zero attached hydrogens (tertiary/aromatic N) is 1. The molecular formula is C16H14N2OS2. The maximum atomic E-state index is 11.7. The van der Waals surface area contributed by atoms with E-state index in [1.54, 1.807) is 0 Å². The highest BCUT2D eigenvalue weighted by Gasteiger charge is 2.21. The summed E-state index contributed by atoms with van der Waals surface area (Å²) in [5.74, 6) is -0.120. The Labute approximate surface area is 133 Å². The van der Waals surface area contributed by atoms with Crippen molar-refractivity contribution in [2.45, 2.75) is 6.92 Å². The number of thiocarbonyl (C=S) groups is 1. The van der Waals surface area contributed by atoms with Crippen LogP contribution in [0.25, 0.3) is 6.08 Å². The molecule has 0 spiro atoms. The van der Waals surface area contributed by atoms with Gasteiger partial charge in [-0.15, -0.1) is 0 Å². The van der Waals surface area contributed by atoms with Crippen molar-refractivity contribution in [2.24, 2.45) is 0 Å². The molecule has 3 rings (SSSR count). The molecule has 106 valence electrons. The molecular weight excluding hydrogens is 300 g/mol. The van der Waals surface area contributed by atoms with Crippen LogP contribution in [-0.2, 0) is 4.79 Å². The maximum Gasteiger partial charge on any atom is 0.263 e. The first-order chi connectivity index (χ1) is 10.2. The van der Waals surface area contributed by atoms with Gasteiger partial charge in [0.05, 0.1) is 4.91 Å². The third-order valence-electron chi connectivity index (χ3n) is 3.34. The van der Waals surface area contributed by atoms with Crippen molar-refractivity contribution < 1.29 is 4.79 Å². The molecule has 2 heterocycles. The number of amides is 1. The van der Waals surface area contributed by atoms with E-state index in [0.29, 0.717) is 9.23 Å². The molecule has 0 bridgehead atoms. The highest BCUT2D eigenvalue weighted by atomic mass is 32.2. The predicted octanol–water partition coefficient (Wildman–Crippen LogP) is 3.46. The zero-order chi connectivity index (χ0) is 14.8. The van der Waals surface area contributed by atoms with E-state index in [0.717, 1.165) is 12.2 Å². The van der Waals surface area contributed by atoms with Crippen LogP contribution in [-0.4, -0.2) is 16.8 Å². The fraction of sp³-hybridized carbons (Fsp3) is 0.125. The molecule has 21 heavy (non-hydrogen) atoms. The van der Waals surface area contributed by atoms with Crippen molar-refractivity contribution in [3.05, 3.63) is 58.7 Å². The van der Waals surface area contributed by atoms with Crippen molar-refractivity contribution >= 4 is 46.0 Å². The average Bonchev–Trinajstić information content (AvgIpc) is 2.82. The van der Waals surface area contributed by atoms with Crippen LogP contribution in [0.4, 0.5) is 5.69 Å². The van der Waals surface area contributed by atoms with Gasteiger partial charge >= 0.3 is 0 Å². The van der Waals surface area contributed by atoms with E-state index in [1.165, 1.54) is 23.0 Å². The molecule has 1 amide bonds. The van der Waals surface area contributed by atoms with Crippen LogP contribution >= 0.6 is 24.0 Å². The number of thioether (sulfide) groups is 1. The molecule has 0 unspecified atom stereocenters. The molecule has 0 aromatic heterocycles. The van der Waals surface area contributed by atoms with Crippen LogP contribution in [0.1, 0.15) is 12.5 Å². The van der Waals surface area contributed by atoms with Crippen LogP contribution in [0.2, 0.25) is 0 Å². The fourth-order valence-corrected chi connectivity index (χ4v) is 3.36. The normalized spacial score (nSPS) is 21.1. The minimum absolute atomic E-state index is 0.120. The van der Waals surface area contributed by atoms with Crippen molar-refractivity contribution in [2.75, 3.05) is 11.4 Å². The number of hydrogen-bond acceptors (Lipinski definition) is 4. The number of benzene rings is 1. The second-order valence-electron chi connectivity index (χ2n) is 4.60. The van der Waals surface area contributed by atoms with Crippen molar-refractivity contribution in [1.29, 1.82) is 0 Å². The minimum atomic E-state index is -0.120. The van der Waals surface area contributed by atoms with Crippen LogP contribution < -0.4 is 10.2 Å². The molecule has 3 nitrogen and oxygen atoms in total. The van der Waals surface area contributed by atoms with Gasteiger partial charge in [0.2, 0.25) is 0 Å². The first-order valence-electron chi connectivity index (χ1n) is 6.69.